The molecule has 2 fully saturated rings. The molecule has 256 valence electrons. The zero-order valence-corrected chi connectivity index (χ0v) is 28.3. The summed E-state index contributed by atoms with van der Waals surface area (Å²) in [5.41, 5.74) is 1.93. The monoisotopic (exact) mass is 649 g/mol. The van der Waals surface area contributed by atoms with Crippen LogP contribution < -0.4 is 16.0 Å². The van der Waals surface area contributed by atoms with E-state index in [9.17, 15) is 19.2 Å². The van der Waals surface area contributed by atoms with Crippen molar-refractivity contribution in [3.8, 4) is 0 Å². The van der Waals surface area contributed by atoms with Crippen LogP contribution in [0.15, 0.2) is 54.6 Å². The van der Waals surface area contributed by atoms with Gasteiger partial charge >= 0.3 is 12.2 Å². The molecule has 3 N–H and O–H groups in total. The van der Waals surface area contributed by atoms with Crippen LogP contribution in [-0.2, 0) is 38.6 Å². The molecule has 2 atom stereocenters. The maximum atomic E-state index is 13.5. The molecule has 0 spiro atoms. The number of piperazine rings is 1. The van der Waals surface area contributed by atoms with Crippen LogP contribution in [0.3, 0.4) is 0 Å². The van der Waals surface area contributed by atoms with E-state index in [1.807, 2.05) is 61.6 Å². The Morgan fingerprint density at radius 2 is 1.45 bits per heavy atom. The number of rotatable bonds is 11. The van der Waals surface area contributed by atoms with Gasteiger partial charge in [-0.3, -0.25) is 9.59 Å². The first-order chi connectivity index (χ1) is 22.5. The van der Waals surface area contributed by atoms with Crippen LogP contribution in [0, 0.1) is 5.92 Å². The van der Waals surface area contributed by atoms with Gasteiger partial charge in [0, 0.05) is 39.1 Å². The Morgan fingerprint density at radius 3 is 2.09 bits per heavy atom. The second-order valence-electron chi connectivity index (χ2n) is 13.6. The Morgan fingerprint density at radius 1 is 0.809 bits per heavy atom. The molecule has 4 rings (SSSR count). The molecule has 4 amide bonds. The molecule has 2 aromatic rings. The minimum atomic E-state index is -0.775. The second-order valence-corrected chi connectivity index (χ2v) is 13.6. The van der Waals surface area contributed by atoms with Gasteiger partial charge in [-0.05, 0) is 63.3 Å². The molecule has 1 saturated heterocycles. The SMILES string of the molecule is CN1CCN(C(=O)C(Cc2ccc(CNC(=O)C(NC(=O)OCc3ccccc3)C3CCCCC3)cc2)NC(=O)OC(C)(C)C)CC1. The van der Waals surface area contributed by atoms with Gasteiger partial charge in [-0.25, -0.2) is 9.59 Å². The number of hydrogen-bond acceptors (Lipinski definition) is 7. The van der Waals surface area contributed by atoms with Crippen LogP contribution in [0.5, 0.6) is 0 Å². The van der Waals surface area contributed by atoms with Gasteiger partial charge in [-0.2, -0.15) is 0 Å². The summed E-state index contributed by atoms with van der Waals surface area (Å²) in [4.78, 5) is 56.2. The third-order valence-electron chi connectivity index (χ3n) is 8.62. The Bertz CT molecular complexity index is 1320. The summed E-state index contributed by atoms with van der Waals surface area (Å²) in [5, 5.41) is 8.63. The van der Waals surface area contributed by atoms with Crippen molar-refractivity contribution in [3.63, 3.8) is 0 Å². The predicted molar refractivity (Wildman–Crippen MR) is 179 cm³/mol. The van der Waals surface area contributed by atoms with Crippen molar-refractivity contribution in [1.82, 2.24) is 25.8 Å². The maximum Gasteiger partial charge on any atom is 0.408 e. The lowest BCUT2D eigenvalue weighted by atomic mass is 9.83. The molecule has 11 heteroatoms. The largest absolute Gasteiger partial charge is 0.445 e. The molecule has 1 aliphatic heterocycles. The molecule has 47 heavy (non-hydrogen) atoms. The lowest BCUT2D eigenvalue weighted by Gasteiger charge is -2.35. The number of hydrogen-bond donors (Lipinski definition) is 3. The van der Waals surface area contributed by atoms with Gasteiger partial charge in [0.25, 0.3) is 0 Å². The molecule has 2 aromatic carbocycles. The van der Waals surface area contributed by atoms with Crippen LogP contribution in [0.1, 0.15) is 69.6 Å². The van der Waals surface area contributed by atoms with E-state index < -0.39 is 29.9 Å². The van der Waals surface area contributed by atoms with E-state index in [1.165, 1.54) is 0 Å². The van der Waals surface area contributed by atoms with Gasteiger partial charge in [-0.1, -0.05) is 73.9 Å². The summed E-state index contributed by atoms with van der Waals surface area (Å²) in [6.07, 6.45) is 3.99. The summed E-state index contributed by atoms with van der Waals surface area (Å²) in [7, 11) is 2.02. The average molecular weight is 650 g/mol. The van der Waals surface area contributed by atoms with E-state index in [0.717, 1.165) is 61.9 Å². The second kappa shape index (κ2) is 17.2. The van der Waals surface area contributed by atoms with E-state index in [2.05, 4.69) is 20.9 Å². The third-order valence-corrected chi connectivity index (χ3v) is 8.62. The molecular formula is C36H51N5O6. The van der Waals surface area contributed by atoms with Crippen LogP contribution >= 0.6 is 0 Å². The molecule has 2 unspecified atom stereocenters. The van der Waals surface area contributed by atoms with E-state index in [4.69, 9.17) is 9.47 Å². The van der Waals surface area contributed by atoms with Crippen molar-refractivity contribution >= 4 is 24.0 Å². The smallest absolute Gasteiger partial charge is 0.408 e. The Balaban J connectivity index is 1.35. The molecule has 1 saturated carbocycles. The molecule has 2 aliphatic rings. The first kappa shape index (κ1) is 35.7. The van der Waals surface area contributed by atoms with E-state index >= 15 is 0 Å². The molecule has 0 radical (unpaired) electrons. The van der Waals surface area contributed by atoms with Gasteiger partial charge in [0.2, 0.25) is 11.8 Å². The number of benzene rings is 2. The van der Waals surface area contributed by atoms with Gasteiger partial charge in [0.15, 0.2) is 0 Å². The summed E-state index contributed by atoms with van der Waals surface area (Å²) in [6, 6.07) is 15.6. The fourth-order valence-electron chi connectivity index (χ4n) is 5.98. The zero-order chi connectivity index (χ0) is 33.8. The van der Waals surface area contributed by atoms with Gasteiger partial charge < -0.3 is 35.2 Å². The highest BCUT2D eigenvalue weighted by atomic mass is 16.6. The highest BCUT2D eigenvalue weighted by Crippen LogP contribution is 2.27. The van der Waals surface area contributed by atoms with Crippen LogP contribution in [-0.4, -0.2) is 84.7 Å². The lowest BCUT2D eigenvalue weighted by molar-refractivity contribution is -0.135. The van der Waals surface area contributed by atoms with E-state index in [1.54, 1.807) is 25.7 Å². The number of likely N-dealkylation sites (N-methyl/N-ethyl adjacent to an activating group) is 1. The van der Waals surface area contributed by atoms with Gasteiger partial charge in [0.1, 0.15) is 24.3 Å². The predicted octanol–water partition coefficient (Wildman–Crippen LogP) is 4.39. The van der Waals surface area contributed by atoms with Crippen LogP contribution in [0.2, 0.25) is 0 Å². The van der Waals surface area contributed by atoms with Crippen molar-refractivity contribution in [2.24, 2.45) is 5.92 Å². The summed E-state index contributed by atoms with van der Waals surface area (Å²) in [5.74, 6) is -0.330. The van der Waals surface area contributed by atoms with Crippen molar-refractivity contribution in [3.05, 3.63) is 71.3 Å². The number of nitrogens with zero attached hydrogens (tertiary/aromatic N) is 2. The Labute approximate surface area is 278 Å². The van der Waals surface area contributed by atoms with E-state index in [-0.39, 0.29) is 30.9 Å². The van der Waals surface area contributed by atoms with Crippen molar-refractivity contribution in [2.75, 3.05) is 33.2 Å². The lowest BCUT2D eigenvalue weighted by Crippen LogP contribution is -2.55. The quantitative estimate of drug-likeness (QED) is 0.330. The topological polar surface area (TPSA) is 129 Å². The molecule has 1 aliphatic carbocycles. The molecular weight excluding hydrogens is 598 g/mol. The Hall–Kier alpha value is -4.12. The standard InChI is InChI=1S/C36H51N5O6/c1-36(2,3)47-35(45)38-30(33(43)41-21-19-40(4)20-22-41)23-26-15-17-27(18-16-26)24-37-32(42)31(29-13-9-6-10-14-29)39-34(44)46-25-28-11-7-5-8-12-28/h5,7-8,11-12,15-18,29-31H,6,9-10,13-14,19-25H2,1-4H3,(H,37,42)(H,38,45)(H,39,44). The summed E-state index contributed by atoms with van der Waals surface area (Å²) < 4.78 is 10.9. The van der Waals surface area contributed by atoms with Crippen LogP contribution in [0.4, 0.5) is 9.59 Å². The van der Waals surface area contributed by atoms with Gasteiger partial charge in [-0.15, -0.1) is 0 Å². The fourth-order valence-corrected chi connectivity index (χ4v) is 5.98. The van der Waals surface area contributed by atoms with Gasteiger partial charge in [0.05, 0.1) is 0 Å². The number of amides is 4. The number of carbonyl (C=O) groups is 4. The minimum Gasteiger partial charge on any atom is -0.445 e. The van der Waals surface area contributed by atoms with Crippen molar-refractivity contribution in [2.45, 2.75) is 90.1 Å². The maximum absolute atomic E-state index is 13.5. The minimum absolute atomic E-state index is 0.0441. The molecule has 1 heterocycles. The normalized spacial score (nSPS) is 17.2. The molecule has 0 aromatic heterocycles. The highest BCUT2D eigenvalue weighted by molar-refractivity contribution is 5.87. The number of alkyl carbamates (subject to hydrolysis) is 2. The number of nitrogens with one attached hydrogen (secondary N) is 3. The first-order valence-electron chi connectivity index (χ1n) is 16.8. The summed E-state index contributed by atoms with van der Waals surface area (Å²) >= 11 is 0. The average Bonchev–Trinajstić information content (AvgIpc) is 3.05. The van der Waals surface area contributed by atoms with Crippen LogP contribution in [0.25, 0.3) is 0 Å². The molecule has 11 nitrogen and oxygen atoms in total. The highest BCUT2D eigenvalue weighted by Gasteiger charge is 2.32. The third kappa shape index (κ3) is 11.9. The summed E-state index contributed by atoms with van der Waals surface area (Å²) in [6.45, 7) is 8.51. The number of carbonyl (C=O) groups excluding carboxylic acids is 4. The van der Waals surface area contributed by atoms with E-state index in [0.29, 0.717) is 19.5 Å². The first-order valence-corrected chi connectivity index (χ1v) is 16.8. The van der Waals surface area contributed by atoms with Crippen molar-refractivity contribution in [1.29, 1.82) is 0 Å². The Kier molecular flexibility index (Phi) is 13.0. The zero-order valence-electron chi connectivity index (χ0n) is 28.3. The fraction of sp³-hybridized carbons (Fsp3) is 0.556. The number of ether oxygens (including phenoxy) is 2. The van der Waals surface area contributed by atoms with Crippen molar-refractivity contribution < 1.29 is 28.7 Å². The molecule has 0 bridgehead atoms.